The minimum atomic E-state index is -3.16. The van der Waals surface area contributed by atoms with Crippen molar-refractivity contribution in [3.05, 3.63) is 53.2 Å². The number of aromatic nitrogens is 1. The molecule has 3 rings (SSSR count). The molecule has 1 aliphatic rings. The molecule has 0 bridgehead atoms. The SMILES string of the molecule is COc1ncc(C2=C(c3ccc(S(C)(=O)=O)cc3)CCC2)cc1C. The lowest BCUT2D eigenvalue weighted by Crippen LogP contribution is -1.97. The van der Waals surface area contributed by atoms with E-state index in [0.29, 0.717) is 10.8 Å². The van der Waals surface area contributed by atoms with Gasteiger partial charge in [-0.2, -0.15) is 0 Å². The average molecular weight is 343 g/mol. The molecule has 2 aromatic rings. The third-order valence-corrected chi connectivity index (χ3v) is 5.55. The lowest BCUT2D eigenvalue weighted by Gasteiger charge is -2.11. The van der Waals surface area contributed by atoms with Crippen molar-refractivity contribution < 1.29 is 13.2 Å². The predicted molar refractivity (Wildman–Crippen MR) is 95.7 cm³/mol. The fraction of sp³-hybridized carbons (Fsp3) is 0.316. The highest BCUT2D eigenvalue weighted by atomic mass is 32.2. The fourth-order valence-electron chi connectivity index (χ4n) is 3.23. The van der Waals surface area contributed by atoms with Crippen LogP contribution in [0.5, 0.6) is 5.88 Å². The van der Waals surface area contributed by atoms with Gasteiger partial charge in [-0.05, 0) is 66.7 Å². The zero-order chi connectivity index (χ0) is 17.3. The van der Waals surface area contributed by atoms with Crippen LogP contribution >= 0.6 is 0 Å². The number of methoxy groups -OCH3 is 1. The van der Waals surface area contributed by atoms with Gasteiger partial charge in [0.25, 0.3) is 0 Å². The van der Waals surface area contributed by atoms with E-state index in [1.165, 1.54) is 17.4 Å². The predicted octanol–water partition coefficient (Wildman–Crippen LogP) is 3.90. The molecular weight excluding hydrogens is 322 g/mol. The topological polar surface area (TPSA) is 56.3 Å². The number of nitrogens with zero attached hydrogens (tertiary/aromatic N) is 1. The van der Waals surface area contributed by atoms with E-state index < -0.39 is 9.84 Å². The van der Waals surface area contributed by atoms with Crippen LogP contribution in [-0.2, 0) is 9.84 Å². The molecule has 24 heavy (non-hydrogen) atoms. The van der Waals surface area contributed by atoms with Crippen molar-refractivity contribution >= 4 is 21.0 Å². The Bertz CT molecular complexity index is 897. The number of hydrogen-bond donors (Lipinski definition) is 0. The molecule has 1 aromatic heterocycles. The van der Waals surface area contributed by atoms with Crippen molar-refractivity contribution in [3.63, 3.8) is 0 Å². The van der Waals surface area contributed by atoms with Crippen LogP contribution in [-0.4, -0.2) is 26.8 Å². The summed E-state index contributed by atoms with van der Waals surface area (Å²) >= 11 is 0. The van der Waals surface area contributed by atoms with E-state index in [1.807, 2.05) is 25.3 Å². The number of benzene rings is 1. The third kappa shape index (κ3) is 3.22. The molecule has 0 atom stereocenters. The summed E-state index contributed by atoms with van der Waals surface area (Å²) in [6, 6.07) is 9.29. The zero-order valence-corrected chi connectivity index (χ0v) is 15.0. The molecule has 5 heteroatoms. The van der Waals surface area contributed by atoms with Crippen molar-refractivity contribution in [1.82, 2.24) is 4.98 Å². The van der Waals surface area contributed by atoms with Gasteiger partial charge in [-0.3, -0.25) is 0 Å². The first-order valence-corrected chi connectivity index (χ1v) is 9.83. The van der Waals surface area contributed by atoms with Crippen molar-refractivity contribution in [2.45, 2.75) is 31.1 Å². The van der Waals surface area contributed by atoms with Crippen LogP contribution in [0.4, 0.5) is 0 Å². The van der Waals surface area contributed by atoms with E-state index in [0.717, 1.165) is 36.0 Å². The molecule has 1 heterocycles. The molecule has 1 aliphatic carbocycles. The molecule has 1 aromatic carbocycles. The van der Waals surface area contributed by atoms with E-state index in [2.05, 4.69) is 11.1 Å². The summed E-state index contributed by atoms with van der Waals surface area (Å²) in [4.78, 5) is 4.74. The average Bonchev–Trinajstić information content (AvgIpc) is 3.03. The number of rotatable bonds is 4. The maximum atomic E-state index is 11.6. The van der Waals surface area contributed by atoms with Gasteiger partial charge in [0, 0.05) is 18.0 Å². The van der Waals surface area contributed by atoms with Crippen LogP contribution in [0.1, 0.15) is 36.0 Å². The summed E-state index contributed by atoms with van der Waals surface area (Å²) in [6.45, 7) is 1.99. The normalized spacial score (nSPS) is 15.0. The summed E-state index contributed by atoms with van der Waals surface area (Å²) in [5.74, 6) is 0.649. The van der Waals surface area contributed by atoms with Gasteiger partial charge in [-0.15, -0.1) is 0 Å². The number of ether oxygens (including phenoxy) is 1. The van der Waals surface area contributed by atoms with E-state index in [-0.39, 0.29) is 0 Å². The second-order valence-corrected chi connectivity index (χ2v) is 8.17. The molecule has 4 nitrogen and oxygen atoms in total. The molecule has 0 saturated heterocycles. The standard InChI is InChI=1S/C19H21NO3S/c1-13-11-15(12-20-19(13)23-2)18-6-4-5-17(18)14-7-9-16(10-8-14)24(3,21)22/h7-12H,4-6H2,1-3H3. The third-order valence-electron chi connectivity index (χ3n) is 4.42. The molecule has 0 aliphatic heterocycles. The molecular formula is C19H21NO3S. The van der Waals surface area contributed by atoms with Crippen molar-refractivity contribution in [2.75, 3.05) is 13.4 Å². The van der Waals surface area contributed by atoms with Crippen LogP contribution in [0.25, 0.3) is 11.1 Å². The Morgan fingerprint density at radius 3 is 2.21 bits per heavy atom. The maximum Gasteiger partial charge on any atom is 0.215 e. The summed E-state index contributed by atoms with van der Waals surface area (Å²) in [6.07, 6.45) is 6.20. The summed E-state index contributed by atoms with van der Waals surface area (Å²) < 4.78 is 28.5. The number of pyridine rings is 1. The van der Waals surface area contributed by atoms with Crippen molar-refractivity contribution in [1.29, 1.82) is 0 Å². The highest BCUT2D eigenvalue weighted by molar-refractivity contribution is 7.90. The molecule has 0 spiro atoms. The number of sulfone groups is 1. The monoisotopic (exact) mass is 343 g/mol. The zero-order valence-electron chi connectivity index (χ0n) is 14.2. The van der Waals surface area contributed by atoms with Gasteiger partial charge in [0.15, 0.2) is 9.84 Å². The smallest absolute Gasteiger partial charge is 0.215 e. The molecule has 0 saturated carbocycles. The highest BCUT2D eigenvalue weighted by Gasteiger charge is 2.19. The van der Waals surface area contributed by atoms with Gasteiger partial charge in [-0.25, -0.2) is 13.4 Å². The van der Waals surface area contributed by atoms with Gasteiger partial charge in [0.1, 0.15) is 0 Å². The Morgan fingerprint density at radius 2 is 1.67 bits per heavy atom. The lowest BCUT2D eigenvalue weighted by molar-refractivity contribution is 0.394. The van der Waals surface area contributed by atoms with Gasteiger partial charge < -0.3 is 4.74 Å². The first-order chi connectivity index (χ1) is 11.4. The highest BCUT2D eigenvalue weighted by Crippen LogP contribution is 2.40. The number of aryl methyl sites for hydroxylation is 1. The quantitative estimate of drug-likeness (QED) is 0.845. The van der Waals surface area contributed by atoms with Crippen molar-refractivity contribution in [3.8, 4) is 5.88 Å². The first-order valence-electron chi connectivity index (χ1n) is 7.93. The summed E-state index contributed by atoms with van der Waals surface area (Å²) in [5, 5.41) is 0. The molecule has 126 valence electrons. The summed E-state index contributed by atoms with van der Waals surface area (Å²) in [7, 11) is -1.54. The van der Waals surface area contributed by atoms with Crippen molar-refractivity contribution in [2.24, 2.45) is 0 Å². The number of allylic oxidation sites excluding steroid dienone is 2. The molecule has 0 unspecified atom stereocenters. The number of hydrogen-bond acceptors (Lipinski definition) is 4. The van der Waals surface area contributed by atoms with Crippen LogP contribution < -0.4 is 4.74 Å². The van der Waals surface area contributed by atoms with Crippen LogP contribution in [0.3, 0.4) is 0 Å². The first kappa shape index (κ1) is 16.7. The Balaban J connectivity index is 2.02. The summed E-state index contributed by atoms with van der Waals surface area (Å²) in [5.41, 5.74) is 5.79. The second-order valence-electron chi connectivity index (χ2n) is 6.16. The van der Waals surface area contributed by atoms with E-state index in [4.69, 9.17) is 4.74 Å². The molecule has 0 amide bonds. The Labute approximate surface area is 143 Å². The maximum absolute atomic E-state index is 11.6. The molecule has 0 fully saturated rings. The van der Waals surface area contributed by atoms with Crippen LogP contribution in [0.2, 0.25) is 0 Å². The Morgan fingerprint density at radius 1 is 1.04 bits per heavy atom. The lowest BCUT2D eigenvalue weighted by atomic mass is 9.97. The molecule has 0 radical (unpaired) electrons. The minimum Gasteiger partial charge on any atom is -0.481 e. The largest absolute Gasteiger partial charge is 0.481 e. The Kier molecular flexibility index (Phi) is 4.45. The Hall–Kier alpha value is -2.14. The van der Waals surface area contributed by atoms with Gasteiger partial charge >= 0.3 is 0 Å². The van der Waals surface area contributed by atoms with E-state index >= 15 is 0 Å². The van der Waals surface area contributed by atoms with E-state index in [1.54, 1.807) is 19.2 Å². The van der Waals surface area contributed by atoms with Gasteiger partial charge in [-0.1, -0.05) is 12.1 Å². The van der Waals surface area contributed by atoms with Gasteiger partial charge in [0.2, 0.25) is 5.88 Å². The fourth-order valence-corrected chi connectivity index (χ4v) is 3.86. The van der Waals surface area contributed by atoms with Crippen LogP contribution in [0.15, 0.2) is 41.4 Å². The van der Waals surface area contributed by atoms with Crippen LogP contribution in [0, 0.1) is 6.92 Å². The van der Waals surface area contributed by atoms with Gasteiger partial charge in [0.05, 0.1) is 12.0 Å². The second kappa shape index (κ2) is 6.40. The van der Waals surface area contributed by atoms with E-state index in [9.17, 15) is 8.42 Å². The minimum absolute atomic E-state index is 0.355. The molecule has 0 N–H and O–H groups in total.